The second-order valence-corrected chi connectivity index (χ2v) is 5.81. The number of methoxy groups -OCH3 is 1. The SMILES string of the molecule is CCNC(CCN1CCC(N2CCOCC2)C1)C(=O)OC. The van der Waals surface area contributed by atoms with E-state index in [1.807, 2.05) is 6.92 Å². The van der Waals surface area contributed by atoms with Crippen LogP contribution in [-0.4, -0.2) is 87.4 Å². The molecule has 2 fully saturated rings. The van der Waals surface area contributed by atoms with Crippen LogP contribution in [0.2, 0.25) is 0 Å². The van der Waals surface area contributed by atoms with E-state index >= 15 is 0 Å². The molecule has 2 aliphatic heterocycles. The van der Waals surface area contributed by atoms with E-state index in [9.17, 15) is 4.79 Å². The van der Waals surface area contributed by atoms with E-state index in [2.05, 4.69) is 15.1 Å². The Labute approximate surface area is 127 Å². The molecule has 122 valence electrons. The van der Waals surface area contributed by atoms with Gasteiger partial charge in [0.05, 0.1) is 20.3 Å². The summed E-state index contributed by atoms with van der Waals surface area (Å²) in [6.45, 7) is 9.83. The molecule has 0 aromatic rings. The second kappa shape index (κ2) is 8.68. The molecular formula is C15H29N3O3. The lowest BCUT2D eigenvalue weighted by molar-refractivity contribution is -0.143. The predicted octanol–water partition coefficient (Wildman–Crippen LogP) is -0.0659. The highest BCUT2D eigenvalue weighted by atomic mass is 16.5. The topological polar surface area (TPSA) is 54.0 Å². The van der Waals surface area contributed by atoms with E-state index in [0.717, 1.165) is 58.9 Å². The highest BCUT2D eigenvalue weighted by molar-refractivity contribution is 5.75. The number of carbonyl (C=O) groups is 1. The van der Waals surface area contributed by atoms with Gasteiger partial charge in [-0.2, -0.15) is 0 Å². The number of rotatable bonds is 7. The lowest BCUT2D eigenvalue weighted by atomic mass is 10.2. The summed E-state index contributed by atoms with van der Waals surface area (Å²) in [4.78, 5) is 16.7. The molecule has 0 spiro atoms. The molecule has 21 heavy (non-hydrogen) atoms. The minimum Gasteiger partial charge on any atom is -0.468 e. The van der Waals surface area contributed by atoms with Crippen molar-refractivity contribution in [2.75, 3.05) is 59.6 Å². The largest absolute Gasteiger partial charge is 0.468 e. The fourth-order valence-corrected chi connectivity index (χ4v) is 3.26. The maximum absolute atomic E-state index is 11.7. The Kier molecular flexibility index (Phi) is 6.89. The van der Waals surface area contributed by atoms with Crippen LogP contribution < -0.4 is 5.32 Å². The first-order chi connectivity index (χ1) is 10.2. The lowest BCUT2D eigenvalue weighted by Crippen LogP contribution is -2.45. The molecule has 0 aromatic heterocycles. The molecule has 0 saturated carbocycles. The summed E-state index contributed by atoms with van der Waals surface area (Å²) in [5.41, 5.74) is 0. The highest BCUT2D eigenvalue weighted by Crippen LogP contribution is 2.17. The van der Waals surface area contributed by atoms with Gasteiger partial charge in [-0.1, -0.05) is 6.92 Å². The fraction of sp³-hybridized carbons (Fsp3) is 0.933. The summed E-state index contributed by atoms with van der Waals surface area (Å²) in [6.07, 6.45) is 2.04. The van der Waals surface area contributed by atoms with Crippen molar-refractivity contribution in [1.29, 1.82) is 0 Å². The van der Waals surface area contributed by atoms with E-state index in [1.165, 1.54) is 13.5 Å². The molecule has 0 aliphatic carbocycles. The number of esters is 1. The summed E-state index contributed by atoms with van der Waals surface area (Å²) < 4.78 is 10.3. The summed E-state index contributed by atoms with van der Waals surface area (Å²) in [5.74, 6) is -0.152. The molecular weight excluding hydrogens is 270 g/mol. The average molecular weight is 299 g/mol. The van der Waals surface area contributed by atoms with Crippen LogP contribution in [0.25, 0.3) is 0 Å². The standard InChI is InChI=1S/C15H29N3O3/c1-3-16-14(15(19)20-2)5-7-17-6-4-13(12-17)18-8-10-21-11-9-18/h13-14,16H,3-12H2,1-2H3. The highest BCUT2D eigenvalue weighted by Gasteiger charge is 2.29. The van der Waals surface area contributed by atoms with Crippen LogP contribution in [0, 0.1) is 0 Å². The molecule has 2 atom stereocenters. The molecule has 6 heteroatoms. The first kappa shape index (κ1) is 16.7. The van der Waals surface area contributed by atoms with E-state index in [-0.39, 0.29) is 12.0 Å². The summed E-state index contributed by atoms with van der Waals surface area (Å²) in [5, 5.41) is 3.20. The zero-order valence-corrected chi connectivity index (χ0v) is 13.3. The number of hydrogen-bond acceptors (Lipinski definition) is 6. The van der Waals surface area contributed by atoms with Gasteiger partial charge >= 0.3 is 5.97 Å². The van der Waals surface area contributed by atoms with Crippen LogP contribution in [0.5, 0.6) is 0 Å². The van der Waals surface area contributed by atoms with E-state index in [0.29, 0.717) is 6.04 Å². The molecule has 6 nitrogen and oxygen atoms in total. The van der Waals surface area contributed by atoms with Crippen LogP contribution in [0.3, 0.4) is 0 Å². The van der Waals surface area contributed by atoms with Crippen molar-refractivity contribution in [3.05, 3.63) is 0 Å². The van der Waals surface area contributed by atoms with Crippen molar-refractivity contribution >= 4 is 5.97 Å². The van der Waals surface area contributed by atoms with Gasteiger partial charge in [0.1, 0.15) is 6.04 Å². The molecule has 0 amide bonds. The van der Waals surface area contributed by atoms with E-state index in [1.54, 1.807) is 0 Å². The van der Waals surface area contributed by atoms with Gasteiger partial charge in [0, 0.05) is 32.2 Å². The first-order valence-electron chi connectivity index (χ1n) is 8.10. The van der Waals surface area contributed by atoms with Crippen molar-refractivity contribution in [2.45, 2.75) is 31.8 Å². The Morgan fingerprint density at radius 3 is 2.81 bits per heavy atom. The number of likely N-dealkylation sites (N-methyl/N-ethyl adjacent to an activating group) is 1. The minimum atomic E-state index is -0.178. The maximum Gasteiger partial charge on any atom is 0.322 e. The van der Waals surface area contributed by atoms with Gasteiger partial charge in [0.25, 0.3) is 0 Å². The third-order valence-electron chi connectivity index (χ3n) is 4.48. The molecule has 2 saturated heterocycles. The van der Waals surface area contributed by atoms with Crippen LogP contribution in [-0.2, 0) is 14.3 Å². The van der Waals surface area contributed by atoms with E-state index in [4.69, 9.17) is 9.47 Å². The smallest absolute Gasteiger partial charge is 0.322 e. The lowest BCUT2D eigenvalue weighted by Gasteiger charge is -2.32. The Bertz CT molecular complexity index is 321. The predicted molar refractivity (Wildman–Crippen MR) is 81.3 cm³/mol. The van der Waals surface area contributed by atoms with Crippen LogP contribution >= 0.6 is 0 Å². The molecule has 2 heterocycles. The van der Waals surface area contributed by atoms with Crippen molar-refractivity contribution in [2.24, 2.45) is 0 Å². The van der Waals surface area contributed by atoms with Gasteiger partial charge in [-0.3, -0.25) is 9.69 Å². The Balaban J connectivity index is 1.72. The molecule has 0 radical (unpaired) electrons. The number of carbonyl (C=O) groups excluding carboxylic acids is 1. The minimum absolute atomic E-state index is 0.152. The Hall–Kier alpha value is -0.690. The van der Waals surface area contributed by atoms with Crippen molar-refractivity contribution < 1.29 is 14.3 Å². The first-order valence-corrected chi connectivity index (χ1v) is 8.10. The van der Waals surface area contributed by atoms with Crippen LogP contribution in [0.4, 0.5) is 0 Å². The number of ether oxygens (including phenoxy) is 2. The van der Waals surface area contributed by atoms with Crippen molar-refractivity contribution in [3.63, 3.8) is 0 Å². The third-order valence-corrected chi connectivity index (χ3v) is 4.48. The average Bonchev–Trinajstić information content (AvgIpc) is 3.00. The summed E-state index contributed by atoms with van der Waals surface area (Å²) >= 11 is 0. The Morgan fingerprint density at radius 2 is 2.14 bits per heavy atom. The molecule has 2 rings (SSSR count). The van der Waals surface area contributed by atoms with Crippen molar-refractivity contribution in [1.82, 2.24) is 15.1 Å². The second-order valence-electron chi connectivity index (χ2n) is 5.81. The Morgan fingerprint density at radius 1 is 1.38 bits per heavy atom. The normalized spacial score (nSPS) is 25.9. The number of likely N-dealkylation sites (tertiary alicyclic amines) is 1. The fourth-order valence-electron chi connectivity index (χ4n) is 3.26. The van der Waals surface area contributed by atoms with E-state index < -0.39 is 0 Å². The van der Waals surface area contributed by atoms with Gasteiger partial charge in [-0.15, -0.1) is 0 Å². The quantitative estimate of drug-likeness (QED) is 0.665. The van der Waals surface area contributed by atoms with Gasteiger partial charge < -0.3 is 19.7 Å². The zero-order valence-electron chi connectivity index (χ0n) is 13.3. The number of hydrogen-bond donors (Lipinski definition) is 1. The molecule has 0 aromatic carbocycles. The monoisotopic (exact) mass is 299 g/mol. The molecule has 2 unspecified atom stereocenters. The van der Waals surface area contributed by atoms with Gasteiger partial charge in [0.2, 0.25) is 0 Å². The molecule has 2 aliphatic rings. The third kappa shape index (κ3) is 4.92. The zero-order chi connectivity index (χ0) is 15.1. The van der Waals surface area contributed by atoms with Gasteiger partial charge in [-0.05, 0) is 25.9 Å². The van der Waals surface area contributed by atoms with Crippen LogP contribution in [0.15, 0.2) is 0 Å². The number of nitrogens with one attached hydrogen (secondary N) is 1. The summed E-state index contributed by atoms with van der Waals surface area (Å²) in [6, 6.07) is 0.479. The molecule has 1 N–H and O–H groups in total. The molecule has 0 bridgehead atoms. The summed E-state index contributed by atoms with van der Waals surface area (Å²) in [7, 11) is 1.46. The number of morpholine rings is 1. The van der Waals surface area contributed by atoms with Gasteiger partial charge in [0.15, 0.2) is 0 Å². The van der Waals surface area contributed by atoms with Crippen LogP contribution in [0.1, 0.15) is 19.8 Å². The van der Waals surface area contributed by atoms with Crippen molar-refractivity contribution in [3.8, 4) is 0 Å². The number of nitrogens with zero attached hydrogens (tertiary/aromatic N) is 2. The van der Waals surface area contributed by atoms with Gasteiger partial charge in [-0.25, -0.2) is 0 Å². The maximum atomic E-state index is 11.7.